The Morgan fingerprint density at radius 3 is 2.75 bits per heavy atom. The Bertz CT molecular complexity index is 649. The summed E-state index contributed by atoms with van der Waals surface area (Å²) in [7, 11) is 1.81. The van der Waals surface area contributed by atoms with E-state index in [0.717, 1.165) is 41.7 Å². The number of nitro benzene ring substituents is 1. The lowest BCUT2D eigenvalue weighted by Crippen LogP contribution is -2.23. The summed E-state index contributed by atoms with van der Waals surface area (Å²) in [5, 5.41) is 10.9. The summed E-state index contributed by atoms with van der Waals surface area (Å²) in [6.07, 6.45) is 1.58. The van der Waals surface area contributed by atoms with E-state index < -0.39 is 0 Å². The third-order valence-electron chi connectivity index (χ3n) is 4.29. The van der Waals surface area contributed by atoms with Crippen molar-refractivity contribution in [3.63, 3.8) is 0 Å². The van der Waals surface area contributed by atoms with Crippen molar-refractivity contribution in [2.75, 3.05) is 13.6 Å². The second-order valence-electron chi connectivity index (χ2n) is 5.57. The highest BCUT2D eigenvalue weighted by Crippen LogP contribution is 2.42. The molecule has 0 N–H and O–H groups in total. The van der Waals surface area contributed by atoms with E-state index in [9.17, 15) is 14.9 Å². The van der Waals surface area contributed by atoms with Crippen LogP contribution < -0.4 is 0 Å². The van der Waals surface area contributed by atoms with Gasteiger partial charge in [0.25, 0.3) is 5.69 Å². The van der Waals surface area contributed by atoms with Crippen molar-refractivity contribution in [1.82, 2.24) is 4.90 Å². The zero-order valence-corrected chi connectivity index (χ0v) is 11.5. The molecule has 0 aromatic heterocycles. The standard InChI is InChI=1S/C15H16N2O3/c1-9-7-10-3-4-11(17(19)20)8-13(10)14(9)12-5-6-16(2)15(12)18/h3-4,8,12H,5-7H2,1-2H3. The van der Waals surface area contributed by atoms with Crippen LogP contribution in [0.5, 0.6) is 0 Å². The van der Waals surface area contributed by atoms with Gasteiger partial charge < -0.3 is 4.90 Å². The molecule has 1 aromatic rings. The Kier molecular flexibility index (Phi) is 2.85. The van der Waals surface area contributed by atoms with E-state index in [-0.39, 0.29) is 22.4 Å². The van der Waals surface area contributed by atoms with E-state index >= 15 is 0 Å². The first-order valence-corrected chi connectivity index (χ1v) is 6.71. The maximum Gasteiger partial charge on any atom is 0.270 e. The molecular weight excluding hydrogens is 256 g/mol. The molecule has 5 nitrogen and oxygen atoms in total. The Morgan fingerprint density at radius 2 is 2.15 bits per heavy atom. The minimum Gasteiger partial charge on any atom is -0.345 e. The molecule has 1 heterocycles. The lowest BCUT2D eigenvalue weighted by Gasteiger charge is -2.14. The van der Waals surface area contributed by atoms with Gasteiger partial charge in [0.05, 0.1) is 10.8 Å². The number of nitro groups is 1. The van der Waals surface area contributed by atoms with Crippen LogP contribution in [-0.2, 0) is 11.2 Å². The number of fused-ring (bicyclic) bond motifs is 1. The van der Waals surface area contributed by atoms with Crippen molar-refractivity contribution < 1.29 is 9.72 Å². The minimum atomic E-state index is -0.381. The van der Waals surface area contributed by atoms with Crippen molar-refractivity contribution in [1.29, 1.82) is 0 Å². The molecule has 1 aliphatic heterocycles. The number of non-ortho nitro benzene ring substituents is 1. The first kappa shape index (κ1) is 12.8. The van der Waals surface area contributed by atoms with E-state index in [4.69, 9.17) is 0 Å². The normalized spacial score (nSPS) is 21.6. The summed E-state index contributed by atoms with van der Waals surface area (Å²) in [6.45, 7) is 2.78. The Labute approximate surface area is 117 Å². The summed E-state index contributed by atoms with van der Waals surface area (Å²) < 4.78 is 0. The number of likely N-dealkylation sites (tertiary alicyclic amines) is 1. The zero-order chi connectivity index (χ0) is 14.4. The lowest BCUT2D eigenvalue weighted by molar-refractivity contribution is -0.384. The monoisotopic (exact) mass is 272 g/mol. The predicted octanol–water partition coefficient (Wildman–Crippen LogP) is 2.40. The molecule has 0 radical (unpaired) electrons. The average Bonchev–Trinajstić information content (AvgIpc) is 2.89. The highest BCUT2D eigenvalue weighted by atomic mass is 16.6. The van der Waals surface area contributed by atoms with Gasteiger partial charge in [0.2, 0.25) is 5.91 Å². The van der Waals surface area contributed by atoms with Gasteiger partial charge in [-0.05, 0) is 36.5 Å². The van der Waals surface area contributed by atoms with Gasteiger partial charge in [-0.1, -0.05) is 11.6 Å². The van der Waals surface area contributed by atoms with E-state index in [0.29, 0.717) is 0 Å². The summed E-state index contributed by atoms with van der Waals surface area (Å²) in [5.41, 5.74) is 4.25. The number of benzene rings is 1. The van der Waals surface area contributed by atoms with Crippen LogP contribution in [0.25, 0.3) is 5.57 Å². The van der Waals surface area contributed by atoms with Gasteiger partial charge in [-0.3, -0.25) is 14.9 Å². The fraction of sp³-hybridized carbons (Fsp3) is 0.400. The molecule has 1 fully saturated rings. The molecule has 0 spiro atoms. The Morgan fingerprint density at radius 1 is 1.40 bits per heavy atom. The number of hydrogen-bond acceptors (Lipinski definition) is 3. The number of carbonyl (C=O) groups is 1. The molecule has 1 aliphatic carbocycles. The molecule has 104 valence electrons. The number of allylic oxidation sites excluding steroid dienone is 1. The molecule has 1 saturated heterocycles. The van der Waals surface area contributed by atoms with Crippen molar-refractivity contribution in [2.45, 2.75) is 19.8 Å². The van der Waals surface area contributed by atoms with E-state index in [2.05, 4.69) is 0 Å². The maximum absolute atomic E-state index is 12.2. The lowest BCUT2D eigenvalue weighted by atomic mass is 9.91. The molecule has 1 amide bonds. The number of carbonyl (C=O) groups excluding carboxylic acids is 1. The molecule has 2 aliphatic rings. The van der Waals surface area contributed by atoms with E-state index in [1.807, 2.05) is 20.0 Å². The van der Waals surface area contributed by atoms with Crippen LogP contribution in [0.15, 0.2) is 23.8 Å². The summed E-state index contributed by atoms with van der Waals surface area (Å²) in [5.74, 6) is -0.0121. The van der Waals surface area contributed by atoms with Gasteiger partial charge in [-0.25, -0.2) is 0 Å². The second kappa shape index (κ2) is 4.44. The highest BCUT2D eigenvalue weighted by molar-refractivity contribution is 5.96. The highest BCUT2D eigenvalue weighted by Gasteiger charge is 2.36. The Balaban J connectivity index is 2.06. The van der Waals surface area contributed by atoms with Crippen LogP contribution in [-0.4, -0.2) is 29.3 Å². The summed E-state index contributed by atoms with van der Waals surface area (Å²) >= 11 is 0. The van der Waals surface area contributed by atoms with E-state index in [1.165, 1.54) is 6.07 Å². The van der Waals surface area contributed by atoms with Crippen LogP contribution in [0, 0.1) is 16.0 Å². The molecule has 20 heavy (non-hydrogen) atoms. The first-order valence-electron chi connectivity index (χ1n) is 6.71. The SMILES string of the molecule is CC1=C(C2CCN(C)C2=O)c2cc([N+](=O)[O-])ccc2C1. The molecule has 0 saturated carbocycles. The number of hydrogen-bond donors (Lipinski definition) is 0. The third-order valence-corrected chi connectivity index (χ3v) is 4.29. The third kappa shape index (κ3) is 1.81. The van der Waals surface area contributed by atoms with Crippen LogP contribution in [0.1, 0.15) is 24.5 Å². The maximum atomic E-state index is 12.2. The average molecular weight is 272 g/mol. The quantitative estimate of drug-likeness (QED) is 0.613. The van der Waals surface area contributed by atoms with Gasteiger partial charge in [0.1, 0.15) is 0 Å². The largest absolute Gasteiger partial charge is 0.345 e. The van der Waals surface area contributed by atoms with Crippen LogP contribution in [0.3, 0.4) is 0 Å². The topological polar surface area (TPSA) is 63.5 Å². The zero-order valence-electron chi connectivity index (χ0n) is 11.5. The van der Waals surface area contributed by atoms with Gasteiger partial charge in [0.15, 0.2) is 0 Å². The van der Waals surface area contributed by atoms with Crippen LogP contribution in [0.4, 0.5) is 5.69 Å². The van der Waals surface area contributed by atoms with Crippen molar-refractivity contribution >= 4 is 17.2 Å². The van der Waals surface area contributed by atoms with Gasteiger partial charge in [-0.2, -0.15) is 0 Å². The second-order valence-corrected chi connectivity index (χ2v) is 5.57. The smallest absolute Gasteiger partial charge is 0.270 e. The van der Waals surface area contributed by atoms with Gasteiger partial charge >= 0.3 is 0 Å². The van der Waals surface area contributed by atoms with Gasteiger partial charge in [0, 0.05) is 25.7 Å². The molecule has 5 heteroatoms. The van der Waals surface area contributed by atoms with E-state index in [1.54, 1.807) is 11.0 Å². The number of nitrogens with zero attached hydrogens (tertiary/aromatic N) is 2. The Hall–Kier alpha value is -2.17. The molecule has 1 unspecified atom stereocenters. The first-order chi connectivity index (χ1) is 9.49. The van der Waals surface area contributed by atoms with Crippen LogP contribution >= 0.6 is 0 Å². The summed E-state index contributed by atoms with van der Waals surface area (Å²) in [4.78, 5) is 24.5. The molecule has 0 bridgehead atoms. The molecule has 3 rings (SSSR count). The molecular formula is C15H16N2O3. The van der Waals surface area contributed by atoms with Crippen molar-refractivity contribution in [3.8, 4) is 0 Å². The summed E-state index contributed by atoms with van der Waals surface area (Å²) in [6, 6.07) is 4.97. The fourth-order valence-corrected chi connectivity index (χ4v) is 3.27. The predicted molar refractivity (Wildman–Crippen MR) is 75.1 cm³/mol. The van der Waals surface area contributed by atoms with Crippen LogP contribution in [0.2, 0.25) is 0 Å². The fourth-order valence-electron chi connectivity index (χ4n) is 3.27. The minimum absolute atomic E-state index is 0.0924. The molecule has 1 aromatic carbocycles. The van der Waals surface area contributed by atoms with Crippen molar-refractivity contribution in [3.05, 3.63) is 45.0 Å². The number of rotatable bonds is 2. The number of amides is 1. The van der Waals surface area contributed by atoms with Crippen molar-refractivity contribution in [2.24, 2.45) is 5.92 Å². The molecule has 1 atom stereocenters. The van der Waals surface area contributed by atoms with Gasteiger partial charge in [-0.15, -0.1) is 0 Å².